The predicted octanol–water partition coefficient (Wildman–Crippen LogP) is 8.80. The zero-order valence-electron chi connectivity index (χ0n) is 32.0. The molecule has 0 aromatic heterocycles. The molecule has 10 rings (SSSR count). The molecule has 56 heavy (non-hydrogen) atoms. The molecular formula is C47H54ClN3O5. The van der Waals surface area contributed by atoms with Gasteiger partial charge in [0, 0.05) is 48.7 Å². The molecule has 2 heterocycles. The van der Waals surface area contributed by atoms with E-state index in [9.17, 15) is 15.0 Å². The smallest absolute Gasteiger partial charge is 0.315 e. The first-order valence-electron chi connectivity index (χ1n) is 20.7. The van der Waals surface area contributed by atoms with Crippen molar-refractivity contribution in [3.8, 4) is 11.1 Å². The van der Waals surface area contributed by atoms with Gasteiger partial charge in [0.2, 0.25) is 0 Å². The van der Waals surface area contributed by atoms with Crippen LogP contribution in [0.3, 0.4) is 0 Å². The van der Waals surface area contributed by atoms with E-state index >= 15 is 0 Å². The molecule has 4 aromatic rings. The minimum Gasteiger partial charge on any atom is -0.392 e. The number of hydrogen-bond acceptors (Lipinski definition) is 6. The van der Waals surface area contributed by atoms with Gasteiger partial charge in [-0.25, -0.2) is 4.79 Å². The Balaban J connectivity index is 0.847. The van der Waals surface area contributed by atoms with Crippen molar-refractivity contribution in [1.29, 1.82) is 0 Å². The molecule has 6 fully saturated rings. The van der Waals surface area contributed by atoms with Gasteiger partial charge in [-0.1, -0.05) is 90.5 Å². The molecular weight excluding hydrogens is 722 g/mol. The number of amides is 2. The SMILES string of the molecule is O=C(NCc1cccc(-c2ccc(C3OC(CN4CCC(O)(c5ccc(Cl)cc5)CC4)CC(c4ccc(CO)cc4)O3)cc2)c1)NC12CC3CC(CC(C3)C1)C2. The Morgan fingerprint density at radius 3 is 2.09 bits per heavy atom. The van der Waals surface area contributed by atoms with Crippen molar-refractivity contribution >= 4 is 17.6 Å². The van der Waals surface area contributed by atoms with Crippen LogP contribution in [-0.2, 0) is 28.2 Å². The lowest BCUT2D eigenvalue weighted by Gasteiger charge is -2.56. The summed E-state index contributed by atoms with van der Waals surface area (Å²) in [4.78, 5) is 15.5. The maximum absolute atomic E-state index is 13.1. The van der Waals surface area contributed by atoms with Crippen LogP contribution >= 0.6 is 11.6 Å². The Hall–Kier alpha value is -3.76. The molecule has 3 unspecified atom stereocenters. The van der Waals surface area contributed by atoms with E-state index in [0.29, 0.717) is 30.8 Å². The highest BCUT2D eigenvalue weighted by Crippen LogP contribution is 2.55. The minimum atomic E-state index is -0.864. The lowest BCUT2D eigenvalue weighted by Crippen LogP contribution is -2.61. The molecule has 4 aromatic carbocycles. The fourth-order valence-corrected chi connectivity index (χ4v) is 11.0. The third kappa shape index (κ3) is 8.29. The standard InChI is InChI=1S/C47H54ClN3O5/c48-41-14-12-40(13-15-41)47(54)16-18-51(19-17-47)29-42-24-43(37-6-4-31(30-52)5-7-37)56-44(55-42)38-10-8-36(9-11-38)39-3-1-2-32(23-39)28-49-45(53)50-46-25-33-20-34(26-46)22-35(21-33)27-46/h1-15,23,33-35,42-44,52,54H,16-22,24-30H2,(H2,49,50,53). The Labute approximate surface area is 335 Å². The van der Waals surface area contributed by atoms with Crippen LogP contribution in [0.15, 0.2) is 97.1 Å². The fourth-order valence-electron chi connectivity index (χ4n) is 10.9. The predicted molar refractivity (Wildman–Crippen MR) is 218 cm³/mol. The van der Waals surface area contributed by atoms with Crippen LogP contribution in [0, 0.1) is 17.8 Å². The van der Waals surface area contributed by atoms with Gasteiger partial charge in [-0.05, 0) is 121 Å². The second-order valence-electron chi connectivity index (χ2n) is 17.5. The molecule has 0 spiro atoms. The summed E-state index contributed by atoms with van der Waals surface area (Å²) in [6, 6.07) is 32.3. The number of piperidine rings is 1. The van der Waals surface area contributed by atoms with E-state index in [-0.39, 0.29) is 30.4 Å². The van der Waals surface area contributed by atoms with Gasteiger partial charge in [0.25, 0.3) is 0 Å². The van der Waals surface area contributed by atoms with E-state index in [1.165, 1.54) is 19.3 Å². The number of carbonyl (C=O) groups is 1. The molecule has 2 aliphatic heterocycles. The number of nitrogens with zero attached hydrogens (tertiary/aromatic N) is 1. The Morgan fingerprint density at radius 2 is 1.43 bits per heavy atom. The molecule has 4 saturated carbocycles. The summed E-state index contributed by atoms with van der Waals surface area (Å²) in [6.45, 7) is 2.74. The Bertz CT molecular complexity index is 1940. The molecule has 3 atom stereocenters. The van der Waals surface area contributed by atoms with Gasteiger partial charge in [0.1, 0.15) is 0 Å². The number of ether oxygens (including phenoxy) is 2. The third-order valence-electron chi connectivity index (χ3n) is 13.5. The average Bonchev–Trinajstić information content (AvgIpc) is 3.21. The Kier molecular flexibility index (Phi) is 10.7. The maximum Gasteiger partial charge on any atom is 0.315 e. The van der Waals surface area contributed by atoms with Gasteiger partial charge < -0.3 is 35.2 Å². The largest absolute Gasteiger partial charge is 0.392 e. The van der Waals surface area contributed by atoms with E-state index in [1.54, 1.807) is 0 Å². The number of rotatable bonds is 10. The molecule has 2 amide bonds. The van der Waals surface area contributed by atoms with Crippen molar-refractivity contribution in [3.05, 3.63) is 130 Å². The van der Waals surface area contributed by atoms with Crippen LogP contribution in [0.25, 0.3) is 11.1 Å². The number of carbonyl (C=O) groups excluding carboxylic acids is 1. The lowest BCUT2D eigenvalue weighted by molar-refractivity contribution is -0.253. The molecule has 4 N–H and O–H groups in total. The maximum atomic E-state index is 13.1. The number of hydrogen-bond donors (Lipinski definition) is 4. The fraction of sp³-hybridized carbons (Fsp3) is 0.468. The van der Waals surface area contributed by atoms with Crippen molar-refractivity contribution in [2.45, 2.75) is 101 Å². The van der Waals surface area contributed by atoms with Crippen molar-refractivity contribution in [2.24, 2.45) is 17.8 Å². The van der Waals surface area contributed by atoms with Crippen LogP contribution < -0.4 is 10.6 Å². The second-order valence-corrected chi connectivity index (χ2v) is 18.0. The molecule has 8 nitrogen and oxygen atoms in total. The van der Waals surface area contributed by atoms with Gasteiger partial charge in [-0.15, -0.1) is 0 Å². The molecule has 6 aliphatic rings. The van der Waals surface area contributed by atoms with Crippen molar-refractivity contribution in [2.75, 3.05) is 19.6 Å². The summed E-state index contributed by atoms with van der Waals surface area (Å²) in [6.07, 6.45) is 8.67. The van der Waals surface area contributed by atoms with Crippen molar-refractivity contribution in [3.63, 3.8) is 0 Å². The molecule has 9 heteroatoms. The van der Waals surface area contributed by atoms with Crippen LogP contribution in [0.5, 0.6) is 0 Å². The molecule has 4 aliphatic carbocycles. The van der Waals surface area contributed by atoms with Gasteiger partial charge in [0.05, 0.1) is 24.4 Å². The van der Waals surface area contributed by atoms with Crippen LogP contribution in [0.2, 0.25) is 5.02 Å². The highest BCUT2D eigenvalue weighted by Gasteiger charge is 2.51. The van der Waals surface area contributed by atoms with Gasteiger partial charge in [-0.3, -0.25) is 0 Å². The summed E-state index contributed by atoms with van der Waals surface area (Å²) in [7, 11) is 0. The number of likely N-dealkylation sites (tertiary alicyclic amines) is 1. The number of urea groups is 1. The normalized spacial score (nSPS) is 29.6. The molecule has 4 bridgehead atoms. The van der Waals surface area contributed by atoms with E-state index in [2.05, 4.69) is 64.1 Å². The van der Waals surface area contributed by atoms with Crippen molar-refractivity contribution in [1.82, 2.24) is 15.5 Å². The molecule has 294 valence electrons. The highest BCUT2D eigenvalue weighted by molar-refractivity contribution is 6.30. The zero-order chi connectivity index (χ0) is 38.3. The minimum absolute atomic E-state index is 0.000263. The first kappa shape index (κ1) is 37.8. The lowest BCUT2D eigenvalue weighted by atomic mass is 9.53. The van der Waals surface area contributed by atoms with E-state index in [0.717, 1.165) is 95.6 Å². The summed E-state index contributed by atoms with van der Waals surface area (Å²) in [5.41, 5.74) is 6.16. The topological polar surface area (TPSA) is 103 Å². The number of halogens is 1. The quantitative estimate of drug-likeness (QED) is 0.129. The molecule has 2 saturated heterocycles. The highest BCUT2D eigenvalue weighted by atomic mass is 35.5. The first-order valence-corrected chi connectivity index (χ1v) is 21.0. The van der Waals surface area contributed by atoms with Crippen LogP contribution in [0.1, 0.15) is 98.0 Å². The number of aliphatic hydroxyl groups is 2. The monoisotopic (exact) mass is 775 g/mol. The first-order chi connectivity index (χ1) is 27.2. The second kappa shape index (κ2) is 15.9. The summed E-state index contributed by atoms with van der Waals surface area (Å²) >= 11 is 6.12. The van der Waals surface area contributed by atoms with Crippen LogP contribution in [-0.4, -0.2) is 52.4 Å². The summed E-state index contributed by atoms with van der Waals surface area (Å²) in [5, 5.41) is 28.4. The van der Waals surface area contributed by atoms with E-state index in [1.807, 2.05) is 48.5 Å². The number of benzene rings is 4. The van der Waals surface area contributed by atoms with Crippen LogP contribution in [0.4, 0.5) is 4.79 Å². The van der Waals surface area contributed by atoms with Gasteiger partial charge >= 0.3 is 6.03 Å². The van der Waals surface area contributed by atoms with E-state index < -0.39 is 11.9 Å². The molecule has 0 radical (unpaired) electrons. The summed E-state index contributed by atoms with van der Waals surface area (Å²) in [5.74, 6) is 2.37. The average molecular weight is 776 g/mol. The number of nitrogens with one attached hydrogen (secondary N) is 2. The van der Waals surface area contributed by atoms with E-state index in [4.69, 9.17) is 21.1 Å². The number of aliphatic hydroxyl groups excluding tert-OH is 1. The summed E-state index contributed by atoms with van der Waals surface area (Å²) < 4.78 is 13.4. The van der Waals surface area contributed by atoms with Gasteiger partial charge in [-0.2, -0.15) is 0 Å². The van der Waals surface area contributed by atoms with Gasteiger partial charge in [0.15, 0.2) is 6.29 Å². The zero-order valence-corrected chi connectivity index (χ0v) is 32.8. The third-order valence-corrected chi connectivity index (χ3v) is 13.7. The van der Waals surface area contributed by atoms with Crippen molar-refractivity contribution < 1.29 is 24.5 Å². The Morgan fingerprint density at radius 1 is 0.768 bits per heavy atom.